The van der Waals surface area contributed by atoms with E-state index in [1.54, 1.807) is 18.5 Å². The number of amides is 1. The van der Waals surface area contributed by atoms with Gasteiger partial charge in [0.15, 0.2) is 0 Å². The predicted molar refractivity (Wildman–Crippen MR) is 92.0 cm³/mol. The van der Waals surface area contributed by atoms with Gasteiger partial charge in [0.1, 0.15) is 6.26 Å². The molecule has 132 valence electrons. The number of carbonyl (C=O) groups is 1. The number of rotatable bonds is 3. The second kappa shape index (κ2) is 6.98. The number of likely N-dealkylation sites (tertiary alicyclic amines) is 1. The SMILES string of the molecule is O=C(c1ccoc1)N1CCOCC2(CCN(Cc3cccnc3)C2)C1. The second-order valence-corrected chi connectivity index (χ2v) is 7.11. The molecule has 2 saturated heterocycles. The van der Waals surface area contributed by atoms with Crippen molar-refractivity contribution in [2.45, 2.75) is 13.0 Å². The molecule has 1 atom stereocenters. The first-order chi connectivity index (χ1) is 12.2. The summed E-state index contributed by atoms with van der Waals surface area (Å²) >= 11 is 0. The highest BCUT2D eigenvalue weighted by Gasteiger charge is 2.42. The van der Waals surface area contributed by atoms with Crippen LogP contribution < -0.4 is 0 Å². The van der Waals surface area contributed by atoms with E-state index in [1.165, 1.54) is 11.8 Å². The highest BCUT2D eigenvalue weighted by atomic mass is 16.5. The number of carbonyl (C=O) groups excluding carboxylic acids is 1. The summed E-state index contributed by atoms with van der Waals surface area (Å²) < 4.78 is 10.9. The molecule has 0 N–H and O–H groups in total. The molecule has 2 fully saturated rings. The average molecular weight is 341 g/mol. The minimum atomic E-state index is 0.0120. The summed E-state index contributed by atoms with van der Waals surface area (Å²) in [7, 11) is 0. The van der Waals surface area contributed by atoms with Crippen LogP contribution in [0.4, 0.5) is 0 Å². The number of ether oxygens (including phenoxy) is 1. The quantitative estimate of drug-likeness (QED) is 0.855. The van der Waals surface area contributed by atoms with Gasteiger partial charge in [-0.25, -0.2) is 0 Å². The molecule has 2 aromatic heterocycles. The monoisotopic (exact) mass is 341 g/mol. The summed E-state index contributed by atoms with van der Waals surface area (Å²) in [4.78, 5) is 21.3. The summed E-state index contributed by atoms with van der Waals surface area (Å²) in [6.45, 7) is 5.53. The molecule has 6 nitrogen and oxygen atoms in total. The number of hydrogen-bond acceptors (Lipinski definition) is 5. The van der Waals surface area contributed by atoms with Crippen molar-refractivity contribution in [1.82, 2.24) is 14.8 Å². The van der Waals surface area contributed by atoms with Crippen LogP contribution in [0.1, 0.15) is 22.3 Å². The predicted octanol–water partition coefficient (Wildman–Crippen LogP) is 2.04. The molecule has 0 bridgehead atoms. The molecule has 0 radical (unpaired) electrons. The highest BCUT2D eigenvalue weighted by molar-refractivity contribution is 5.93. The lowest BCUT2D eigenvalue weighted by atomic mass is 9.87. The van der Waals surface area contributed by atoms with E-state index in [0.29, 0.717) is 25.3 Å². The van der Waals surface area contributed by atoms with Crippen LogP contribution >= 0.6 is 0 Å². The Morgan fingerprint density at radius 2 is 2.24 bits per heavy atom. The third-order valence-corrected chi connectivity index (χ3v) is 5.14. The molecule has 2 aliphatic heterocycles. The lowest BCUT2D eigenvalue weighted by Gasteiger charge is -2.31. The lowest BCUT2D eigenvalue weighted by molar-refractivity contribution is 0.0644. The maximum absolute atomic E-state index is 12.7. The van der Waals surface area contributed by atoms with E-state index in [9.17, 15) is 4.79 Å². The first-order valence-corrected chi connectivity index (χ1v) is 8.75. The first kappa shape index (κ1) is 16.3. The van der Waals surface area contributed by atoms with Gasteiger partial charge < -0.3 is 14.1 Å². The van der Waals surface area contributed by atoms with Gasteiger partial charge in [-0.2, -0.15) is 0 Å². The molecule has 2 aliphatic rings. The normalized spacial score (nSPS) is 24.6. The smallest absolute Gasteiger partial charge is 0.257 e. The molecule has 1 amide bonds. The van der Waals surface area contributed by atoms with Gasteiger partial charge >= 0.3 is 0 Å². The van der Waals surface area contributed by atoms with Crippen LogP contribution in [0.25, 0.3) is 0 Å². The summed E-state index contributed by atoms with van der Waals surface area (Å²) in [5.74, 6) is 0.0318. The van der Waals surface area contributed by atoms with Crippen molar-refractivity contribution < 1.29 is 13.9 Å². The van der Waals surface area contributed by atoms with Crippen LogP contribution in [0.2, 0.25) is 0 Å². The number of hydrogen-bond donors (Lipinski definition) is 0. The molecule has 0 aliphatic carbocycles. The van der Waals surface area contributed by atoms with Gasteiger partial charge in [0.25, 0.3) is 5.91 Å². The lowest BCUT2D eigenvalue weighted by Crippen LogP contribution is -2.43. The van der Waals surface area contributed by atoms with E-state index < -0.39 is 0 Å². The zero-order valence-corrected chi connectivity index (χ0v) is 14.3. The van der Waals surface area contributed by atoms with Crippen molar-refractivity contribution in [3.05, 3.63) is 54.2 Å². The van der Waals surface area contributed by atoms with E-state index in [0.717, 1.165) is 32.6 Å². The molecule has 4 rings (SSSR count). The molecule has 0 aromatic carbocycles. The van der Waals surface area contributed by atoms with Crippen molar-refractivity contribution in [2.24, 2.45) is 5.41 Å². The van der Waals surface area contributed by atoms with Crippen LogP contribution in [0.15, 0.2) is 47.5 Å². The molecule has 0 saturated carbocycles. The maximum Gasteiger partial charge on any atom is 0.257 e. The Hall–Kier alpha value is -2.18. The minimum absolute atomic E-state index is 0.0120. The van der Waals surface area contributed by atoms with Crippen LogP contribution in [-0.2, 0) is 11.3 Å². The molecule has 25 heavy (non-hydrogen) atoms. The van der Waals surface area contributed by atoms with E-state index >= 15 is 0 Å². The molecular formula is C19H23N3O3. The fraction of sp³-hybridized carbons (Fsp3) is 0.474. The van der Waals surface area contributed by atoms with Crippen LogP contribution in [0.3, 0.4) is 0 Å². The standard InChI is InChI=1S/C19H23N3O3/c23-18(17-3-8-24-12-17)22-7-9-25-15-19(14-22)4-6-21(13-19)11-16-2-1-5-20-10-16/h1-3,5,8,10,12H,4,6-7,9,11,13-15H2. The number of aromatic nitrogens is 1. The van der Waals surface area contributed by atoms with E-state index in [4.69, 9.17) is 9.15 Å². The zero-order valence-electron chi connectivity index (χ0n) is 14.3. The Morgan fingerprint density at radius 1 is 1.28 bits per heavy atom. The maximum atomic E-state index is 12.7. The molecule has 1 unspecified atom stereocenters. The van der Waals surface area contributed by atoms with Crippen molar-refractivity contribution in [3.63, 3.8) is 0 Å². The summed E-state index contributed by atoms with van der Waals surface area (Å²) in [6.07, 6.45) is 7.83. The van der Waals surface area contributed by atoms with Crippen molar-refractivity contribution in [3.8, 4) is 0 Å². The van der Waals surface area contributed by atoms with E-state index in [1.807, 2.05) is 17.2 Å². The third-order valence-electron chi connectivity index (χ3n) is 5.14. The molecular weight excluding hydrogens is 318 g/mol. The van der Waals surface area contributed by atoms with Gasteiger partial charge in [-0.15, -0.1) is 0 Å². The summed E-state index contributed by atoms with van der Waals surface area (Å²) in [5.41, 5.74) is 1.85. The molecule has 4 heterocycles. The highest BCUT2D eigenvalue weighted by Crippen LogP contribution is 2.34. The molecule has 2 aromatic rings. The van der Waals surface area contributed by atoms with Gasteiger partial charge in [-0.1, -0.05) is 6.07 Å². The third kappa shape index (κ3) is 3.60. The van der Waals surface area contributed by atoms with Crippen molar-refractivity contribution >= 4 is 5.91 Å². The zero-order chi connectivity index (χ0) is 17.1. The number of furan rings is 1. The average Bonchev–Trinajstić information content (AvgIpc) is 3.24. The van der Waals surface area contributed by atoms with E-state index in [-0.39, 0.29) is 11.3 Å². The number of nitrogens with zero attached hydrogens (tertiary/aromatic N) is 3. The Morgan fingerprint density at radius 3 is 3.04 bits per heavy atom. The fourth-order valence-corrected chi connectivity index (χ4v) is 3.89. The molecule has 6 heteroatoms. The largest absolute Gasteiger partial charge is 0.472 e. The Kier molecular flexibility index (Phi) is 4.55. The van der Waals surface area contributed by atoms with Crippen LogP contribution in [-0.4, -0.2) is 60.1 Å². The second-order valence-electron chi connectivity index (χ2n) is 7.11. The fourth-order valence-electron chi connectivity index (χ4n) is 3.89. The van der Waals surface area contributed by atoms with Crippen LogP contribution in [0.5, 0.6) is 0 Å². The minimum Gasteiger partial charge on any atom is -0.472 e. The van der Waals surface area contributed by atoms with Crippen LogP contribution in [0, 0.1) is 5.41 Å². The topological polar surface area (TPSA) is 58.8 Å². The number of pyridine rings is 1. The van der Waals surface area contributed by atoms with Gasteiger partial charge in [-0.05, 0) is 30.7 Å². The van der Waals surface area contributed by atoms with Crippen molar-refractivity contribution in [1.29, 1.82) is 0 Å². The Bertz CT molecular complexity index is 704. The van der Waals surface area contributed by atoms with E-state index in [2.05, 4.69) is 16.0 Å². The van der Waals surface area contributed by atoms with Crippen molar-refractivity contribution in [2.75, 3.05) is 39.4 Å². The molecule has 1 spiro atoms. The van der Waals surface area contributed by atoms with Gasteiger partial charge in [-0.3, -0.25) is 14.7 Å². The van der Waals surface area contributed by atoms with Gasteiger partial charge in [0.05, 0.1) is 25.0 Å². The van der Waals surface area contributed by atoms with Gasteiger partial charge in [0.2, 0.25) is 0 Å². The Labute approximate surface area is 147 Å². The summed E-state index contributed by atoms with van der Waals surface area (Å²) in [5, 5.41) is 0. The van der Waals surface area contributed by atoms with Gasteiger partial charge in [0, 0.05) is 44.0 Å². The summed E-state index contributed by atoms with van der Waals surface area (Å²) in [6, 6.07) is 5.81. The Balaban J connectivity index is 1.44. The first-order valence-electron chi connectivity index (χ1n) is 8.75.